The average molecular weight is 357 g/mol. The molecule has 3 rings (SSSR count). The van der Waals surface area contributed by atoms with Gasteiger partial charge in [0, 0.05) is 17.1 Å². The summed E-state index contributed by atoms with van der Waals surface area (Å²) in [5, 5.41) is 0.231. The van der Waals surface area contributed by atoms with Gasteiger partial charge < -0.3 is 4.90 Å². The Morgan fingerprint density at radius 3 is 2.65 bits per heavy atom. The van der Waals surface area contributed by atoms with Gasteiger partial charge in [0.15, 0.2) is 0 Å². The maximum atomic E-state index is 12.5. The molecule has 8 heteroatoms. The number of halogens is 1. The van der Waals surface area contributed by atoms with Crippen molar-refractivity contribution in [1.82, 2.24) is 9.21 Å². The fraction of sp³-hybridized carbons (Fsp3) is 0.467. The number of amides is 2. The summed E-state index contributed by atoms with van der Waals surface area (Å²) in [6, 6.07) is 4.08. The number of benzene rings is 1. The van der Waals surface area contributed by atoms with Gasteiger partial charge in [0.25, 0.3) is 15.9 Å². The van der Waals surface area contributed by atoms with Crippen LogP contribution in [-0.2, 0) is 14.8 Å². The molecular weight excluding hydrogens is 340 g/mol. The van der Waals surface area contributed by atoms with Crippen molar-refractivity contribution in [3.05, 3.63) is 28.8 Å². The minimum atomic E-state index is -4.03. The molecule has 124 valence electrons. The van der Waals surface area contributed by atoms with Gasteiger partial charge in [-0.25, -0.2) is 12.7 Å². The smallest absolute Gasteiger partial charge is 0.269 e. The van der Waals surface area contributed by atoms with E-state index in [0.717, 1.165) is 12.8 Å². The first-order valence-corrected chi connectivity index (χ1v) is 9.13. The first kappa shape index (κ1) is 16.3. The number of fused-ring (bicyclic) bond motifs is 1. The van der Waals surface area contributed by atoms with E-state index in [-0.39, 0.29) is 26.9 Å². The van der Waals surface area contributed by atoms with Crippen LogP contribution in [0.1, 0.15) is 37.0 Å². The largest absolute Gasteiger partial charge is 0.336 e. The lowest BCUT2D eigenvalue weighted by atomic mass is 10.0. The monoisotopic (exact) mass is 356 g/mol. The van der Waals surface area contributed by atoms with Gasteiger partial charge in [-0.05, 0) is 44.9 Å². The molecule has 1 aromatic rings. The number of sulfonamides is 1. The molecule has 2 aliphatic heterocycles. The summed E-state index contributed by atoms with van der Waals surface area (Å²) in [7, 11) is -4.03. The standard InChI is InChI=1S/C15H17ClN2O4S/c1-15(2)6-3-7-17(15)13(19)9-18-14(20)11-5-4-10(16)8-12(11)23(18,21)22/h4-5,8H,3,6-7,9H2,1-2H3. The highest BCUT2D eigenvalue weighted by Gasteiger charge is 2.44. The van der Waals surface area contributed by atoms with E-state index in [1.165, 1.54) is 18.2 Å². The van der Waals surface area contributed by atoms with E-state index in [4.69, 9.17) is 11.6 Å². The van der Waals surface area contributed by atoms with Crippen LogP contribution in [0.25, 0.3) is 0 Å². The van der Waals surface area contributed by atoms with Gasteiger partial charge in [0.05, 0.1) is 5.56 Å². The minimum absolute atomic E-state index is 0.0582. The number of hydrogen-bond acceptors (Lipinski definition) is 4. The lowest BCUT2D eigenvalue weighted by Gasteiger charge is -2.32. The van der Waals surface area contributed by atoms with E-state index in [2.05, 4.69) is 0 Å². The second-order valence-electron chi connectivity index (χ2n) is 6.42. The molecule has 2 heterocycles. The van der Waals surface area contributed by atoms with Crippen LogP contribution in [0.15, 0.2) is 23.1 Å². The lowest BCUT2D eigenvalue weighted by molar-refractivity contribution is -0.134. The van der Waals surface area contributed by atoms with Crippen molar-refractivity contribution in [2.75, 3.05) is 13.1 Å². The van der Waals surface area contributed by atoms with Crippen molar-refractivity contribution >= 4 is 33.4 Å². The van der Waals surface area contributed by atoms with Crippen molar-refractivity contribution in [3.8, 4) is 0 Å². The quantitative estimate of drug-likeness (QED) is 0.811. The van der Waals surface area contributed by atoms with E-state index in [1.807, 2.05) is 13.8 Å². The van der Waals surface area contributed by atoms with Gasteiger partial charge in [-0.15, -0.1) is 0 Å². The Morgan fingerprint density at radius 1 is 1.35 bits per heavy atom. The van der Waals surface area contributed by atoms with Crippen LogP contribution < -0.4 is 0 Å². The van der Waals surface area contributed by atoms with E-state index in [9.17, 15) is 18.0 Å². The SMILES string of the molecule is CC1(C)CCCN1C(=O)CN1C(=O)c2ccc(Cl)cc2S1(=O)=O. The Hall–Kier alpha value is -1.60. The van der Waals surface area contributed by atoms with Crippen LogP contribution in [-0.4, -0.2) is 48.1 Å². The molecule has 2 aliphatic rings. The third-order valence-corrected chi connectivity index (χ3v) is 6.45. The van der Waals surface area contributed by atoms with Crippen molar-refractivity contribution in [2.45, 2.75) is 37.1 Å². The summed E-state index contributed by atoms with van der Waals surface area (Å²) in [4.78, 5) is 26.4. The van der Waals surface area contributed by atoms with Crippen molar-refractivity contribution in [1.29, 1.82) is 0 Å². The number of hydrogen-bond donors (Lipinski definition) is 0. The van der Waals surface area contributed by atoms with Gasteiger partial charge in [0.1, 0.15) is 11.4 Å². The van der Waals surface area contributed by atoms with E-state index in [1.54, 1.807) is 4.90 Å². The Morgan fingerprint density at radius 2 is 2.04 bits per heavy atom. The number of carbonyl (C=O) groups excluding carboxylic acids is 2. The summed E-state index contributed by atoms with van der Waals surface area (Å²) >= 11 is 5.82. The molecule has 6 nitrogen and oxygen atoms in total. The molecule has 0 radical (unpaired) electrons. The van der Waals surface area contributed by atoms with Crippen LogP contribution >= 0.6 is 11.6 Å². The Balaban J connectivity index is 1.90. The molecular formula is C15H17ClN2O4S. The topological polar surface area (TPSA) is 74.8 Å². The fourth-order valence-electron chi connectivity index (χ4n) is 3.18. The molecule has 1 aromatic carbocycles. The summed E-state index contributed by atoms with van der Waals surface area (Å²) in [6.07, 6.45) is 1.73. The summed E-state index contributed by atoms with van der Waals surface area (Å²) < 4.78 is 25.7. The fourth-order valence-corrected chi connectivity index (χ4v) is 4.96. The van der Waals surface area contributed by atoms with E-state index < -0.39 is 22.5 Å². The normalized spacial score (nSPS) is 21.6. The zero-order valence-electron chi connectivity index (χ0n) is 12.9. The number of rotatable bonds is 2. The number of likely N-dealkylation sites (tertiary alicyclic amines) is 1. The van der Waals surface area contributed by atoms with Crippen LogP contribution in [0.5, 0.6) is 0 Å². The highest BCUT2D eigenvalue weighted by molar-refractivity contribution is 7.90. The average Bonchev–Trinajstić information content (AvgIpc) is 2.90. The summed E-state index contributed by atoms with van der Waals surface area (Å²) in [6.45, 7) is 3.98. The molecule has 0 N–H and O–H groups in total. The number of carbonyl (C=O) groups is 2. The molecule has 1 fully saturated rings. The molecule has 0 atom stereocenters. The molecule has 0 unspecified atom stereocenters. The van der Waals surface area contributed by atoms with Gasteiger partial charge >= 0.3 is 0 Å². The van der Waals surface area contributed by atoms with Gasteiger partial charge in [-0.3, -0.25) is 9.59 Å². The van der Waals surface area contributed by atoms with E-state index >= 15 is 0 Å². The molecule has 0 spiro atoms. The molecule has 0 aromatic heterocycles. The predicted molar refractivity (Wildman–Crippen MR) is 84.7 cm³/mol. The summed E-state index contributed by atoms with van der Waals surface area (Å²) in [5.74, 6) is -1.04. The molecule has 2 amide bonds. The first-order valence-electron chi connectivity index (χ1n) is 7.32. The second kappa shape index (κ2) is 5.21. The lowest BCUT2D eigenvalue weighted by Crippen LogP contribution is -2.48. The predicted octanol–water partition coefficient (Wildman–Crippen LogP) is 1.89. The molecule has 23 heavy (non-hydrogen) atoms. The zero-order chi connectivity index (χ0) is 17.0. The maximum Gasteiger partial charge on any atom is 0.269 e. The zero-order valence-corrected chi connectivity index (χ0v) is 14.4. The first-order chi connectivity index (χ1) is 10.6. The third-order valence-electron chi connectivity index (χ3n) is 4.45. The third kappa shape index (κ3) is 2.52. The minimum Gasteiger partial charge on any atom is -0.336 e. The van der Waals surface area contributed by atoms with Crippen molar-refractivity contribution in [2.24, 2.45) is 0 Å². The van der Waals surface area contributed by atoms with Crippen LogP contribution in [0.3, 0.4) is 0 Å². The second-order valence-corrected chi connectivity index (χ2v) is 8.69. The van der Waals surface area contributed by atoms with Crippen molar-refractivity contribution < 1.29 is 18.0 Å². The van der Waals surface area contributed by atoms with Gasteiger partial charge in [-0.1, -0.05) is 11.6 Å². The Labute approximate surface area is 140 Å². The maximum absolute atomic E-state index is 12.5. The van der Waals surface area contributed by atoms with Crippen LogP contribution in [0.4, 0.5) is 0 Å². The van der Waals surface area contributed by atoms with E-state index in [0.29, 0.717) is 10.8 Å². The van der Waals surface area contributed by atoms with Gasteiger partial charge in [-0.2, -0.15) is 0 Å². The highest BCUT2D eigenvalue weighted by atomic mass is 35.5. The van der Waals surface area contributed by atoms with Crippen molar-refractivity contribution in [3.63, 3.8) is 0 Å². The van der Waals surface area contributed by atoms with Crippen LogP contribution in [0.2, 0.25) is 5.02 Å². The summed E-state index contributed by atoms with van der Waals surface area (Å²) in [5.41, 5.74) is -0.261. The Kier molecular flexibility index (Phi) is 3.68. The van der Waals surface area contributed by atoms with Gasteiger partial charge in [0.2, 0.25) is 5.91 Å². The highest BCUT2D eigenvalue weighted by Crippen LogP contribution is 2.33. The molecule has 1 saturated heterocycles. The Bertz CT molecular complexity index is 804. The van der Waals surface area contributed by atoms with Crippen LogP contribution in [0, 0.1) is 0 Å². The molecule has 0 bridgehead atoms. The number of nitrogens with zero attached hydrogens (tertiary/aromatic N) is 2. The molecule has 0 aliphatic carbocycles. The molecule has 0 saturated carbocycles.